The SMILES string of the molecule is CC(C)Oc1ccc(/C=N/NC(=O)CC(=O)NC2CCCCC2)cc1. The Hall–Kier alpha value is -2.37. The summed E-state index contributed by atoms with van der Waals surface area (Å²) in [5, 5.41) is 6.80. The van der Waals surface area contributed by atoms with Crippen molar-refractivity contribution < 1.29 is 14.3 Å². The second kappa shape index (κ2) is 9.81. The van der Waals surface area contributed by atoms with Crippen molar-refractivity contribution in [2.24, 2.45) is 5.10 Å². The molecule has 0 aliphatic heterocycles. The number of carbonyl (C=O) groups excluding carboxylic acids is 2. The van der Waals surface area contributed by atoms with E-state index in [1.54, 1.807) is 0 Å². The Bertz CT molecular complexity index is 590. The highest BCUT2D eigenvalue weighted by molar-refractivity contribution is 5.97. The number of hydrogen-bond acceptors (Lipinski definition) is 4. The van der Waals surface area contributed by atoms with Gasteiger partial charge in [0.2, 0.25) is 11.8 Å². The molecule has 0 unspecified atom stereocenters. The molecule has 0 heterocycles. The van der Waals surface area contributed by atoms with Gasteiger partial charge in [-0.1, -0.05) is 19.3 Å². The van der Waals surface area contributed by atoms with Gasteiger partial charge >= 0.3 is 0 Å². The standard InChI is InChI=1S/C19H27N3O3/c1-14(2)25-17-10-8-15(9-11-17)13-20-22-19(24)12-18(23)21-16-6-4-3-5-7-16/h8-11,13-14,16H,3-7,12H2,1-2H3,(H,21,23)(H,22,24)/b20-13+. The number of nitrogens with one attached hydrogen (secondary N) is 2. The zero-order chi connectivity index (χ0) is 18.1. The van der Waals surface area contributed by atoms with Crippen molar-refractivity contribution in [2.75, 3.05) is 0 Å². The van der Waals surface area contributed by atoms with Crippen molar-refractivity contribution >= 4 is 18.0 Å². The van der Waals surface area contributed by atoms with Crippen LogP contribution in [0.15, 0.2) is 29.4 Å². The molecule has 1 saturated carbocycles. The average molecular weight is 345 g/mol. The molecule has 1 aliphatic carbocycles. The number of benzene rings is 1. The topological polar surface area (TPSA) is 79.8 Å². The summed E-state index contributed by atoms with van der Waals surface area (Å²) in [5.41, 5.74) is 3.22. The first-order valence-electron chi connectivity index (χ1n) is 8.91. The van der Waals surface area contributed by atoms with Crippen LogP contribution in [-0.2, 0) is 9.59 Å². The van der Waals surface area contributed by atoms with E-state index in [2.05, 4.69) is 15.8 Å². The van der Waals surface area contributed by atoms with Gasteiger partial charge in [0.1, 0.15) is 12.2 Å². The summed E-state index contributed by atoms with van der Waals surface area (Å²) in [6.45, 7) is 3.94. The average Bonchev–Trinajstić information content (AvgIpc) is 2.56. The number of ether oxygens (including phenoxy) is 1. The van der Waals surface area contributed by atoms with E-state index in [-0.39, 0.29) is 24.5 Å². The third-order valence-electron chi connectivity index (χ3n) is 3.95. The van der Waals surface area contributed by atoms with Crippen LogP contribution in [0, 0.1) is 0 Å². The van der Waals surface area contributed by atoms with Crippen LogP contribution in [0.2, 0.25) is 0 Å². The van der Waals surface area contributed by atoms with Gasteiger partial charge in [-0.15, -0.1) is 0 Å². The van der Waals surface area contributed by atoms with Crippen molar-refractivity contribution in [3.8, 4) is 5.75 Å². The van der Waals surface area contributed by atoms with Crippen molar-refractivity contribution in [1.82, 2.24) is 10.7 Å². The summed E-state index contributed by atoms with van der Waals surface area (Å²) in [5.74, 6) is 0.134. The van der Waals surface area contributed by atoms with Gasteiger partial charge in [0, 0.05) is 6.04 Å². The predicted molar refractivity (Wildman–Crippen MR) is 97.6 cm³/mol. The van der Waals surface area contributed by atoms with Crippen molar-refractivity contribution in [2.45, 2.75) is 64.5 Å². The quantitative estimate of drug-likeness (QED) is 0.453. The van der Waals surface area contributed by atoms with Crippen LogP contribution in [0.5, 0.6) is 5.75 Å². The molecule has 1 aliphatic rings. The molecule has 0 aromatic heterocycles. The first kappa shape index (κ1) is 19.0. The zero-order valence-corrected chi connectivity index (χ0v) is 15.0. The lowest BCUT2D eigenvalue weighted by Gasteiger charge is -2.22. The van der Waals surface area contributed by atoms with E-state index in [4.69, 9.17) is 4.74 Å². The highest BCUT2D eigenvalue weighted by Crippen LogP contribution is 2.17. The Morgan fingerprint density at radius 3 is 2.48 bits per heavy atom. The Labute approximate surface area is 149 Å². The fourth-order valence-corrected chi connectivity index (χ4v) is 2.79. The van der Waals surface area contributed by atoms with Gasteiger partial charge < -0.3 is 10.1 Å². The molecule has 0 radical (unpaired) electrons. The maximum absolute atomic E-state index is 11.8. The highest BCUT2D eigenvalue weighted by Gasteiger charge is 2.17. The molecule has 0 bridgehead atoms. The Morgan fingerprint density at radius 2 is 1.84 bits per heavy atom. The summed E-state index contributed by atoms with van der Waals surface area (Å²) in [7, 11) is 0. The van der Waals surface area contributed by atoms with E-state index in [0.717, 1.165) is 37.0 Å². The third-order valence-corrected chi connectivity index (χ3v) is 3.95. The molecule has 0 spiro atoms. The van der Waals surface area contributed by atoms with Crippen LogP contribution in [0.25, 0.3) is 0 Å². The summed E-state index contributed by atoms with van der Waals surface area (Å²) >= 11 is 0. The first-order valence-corrected chi connectivity index (χ1v) is 8.91. The maximum Gasteiger partial charge on any atom is 0.249 e. The van der Waals surface area contributed by atoms with Gasteiger partial charge in [-0.2, -0.15) is 5.10 Å². The minimum absolute atomic E-state index is 0.124. The number of carbonyl (C=O) groups is 2. The van der Waals surface area contributed by atoms with Gasteiger partial charge in [-0.3, -0.25) is 9.59 Å². The molecule has 1 aromatic carbocycles. The second-order valence-corrected chi connectivity index (χ2v) is 6.61. The van der Waals surface area contributed by atoms with Gasteiger partial charge in [0.25, 0.3) is 0 Å². The van der Waals surface area contributed by atoms with Gasteiger partial charge in [0.05, 0.1) is 12.3 Å². The second-order valence-electron chi connectivity index (χ2n) is 6.61. The number of rotatable bonds is 7. The monoisotopic (exact) mass is 345 g/mol. The molecular weight excluding hydrogens is 318 g/mol. The largest absolute Gasteiger partial charge is 0.491 e. The van der Waals surface area contributed by atoms with E-state index < -0.39 is 5.91 Å². The van der Waals surface area contributed by atoms with E-state index in [1.165, 1.54) is 12.6 Å². The molecule has 0 saturated heterocycles. The fraction of sp³-hybridized carbons (Fsp3) is 0.526. The van der Waals surface area contributed by atoms with Crippen LogP contribution in [0.1, 0.15) is 57.9 Å². The number of amides is 2. The minimum atomic E-state index is -0.413. The van der Waals surface area contributed by atoms with Crippen molar-refractivity contribution in [3.05, 3.63) is 29.8 Å². The van der Waals surface area contributed by atoms with E-state index in [1.807, 2.05) is 38.1 Å². The summed E-state index contributed by atoms with van der Waals surface area (Å²) in [6, 6.07) is 7.61. The Balaban J connectivity index is 1.71. The lowest BCUT2D eigenvalue weighted by atomic mass is 9.95. The van der Waals surface area contributed by atoms with Gasteiger partial charge in [0.15, 0.2) is 0 Å². The van der Waals surface area contributed by atoms with Gasteiger partial charge in [-0.05, 0) is 56.5 Å². The fourth-order valence-electron chi connectivity index (χ4n) is 2.79. The van der Waals surface area contributed by atoms with Crippen LogP contribution in [-0.4, -0.2) is 30.2 Å². The summed E-state index contributed by atoms with van der Waals surface area (Å²) in [6.07, 6.45) is 6.98. The molecule has 2 amide bonds. The maximum atomic E-state index is 11.8. The lowest BCUT2D eigenvalue weighted by Crippen LogP contribution is -2.38. The summed E-state index contributed by atoms with van der Waals surface area (Å²) < 4.78 is 5.56. The highest BCUT2D eigenvalue weighted by atomic mass is 16.5. The summed E-state index contributed by atoms with van der Waals surface area (Å²) in [4.78, 5) is 23.6. The zero-order valence-electron chi connectivity index (χ0n) is 15.0. The number of hydrogen-bond donors (Lipinski definition) is 2. The van der Waals surface area contributed by atoms with Crippen molar-refractivity contribution in [1.29, 1.82) is 0 Å². The molecule has 2 rings (SSSR count). The molecule has 136 valence electrons. The molecule has 6 heteroatoms. The van der Waals surface area contributed by atoms with Crippen LogP contribution in [0.4, 0.5) is 0 Å². The molecule has 6 nitrogen and oxygen atoms in total. The number of nitrogens with zero attached hydrogens (tertiary/aromatic N) is 1. The van der Waals surface area contributed by atoms with E-state index in [9.17, 15) is 9.59 Å². The molecule has 2 N–H and O–H groups in total. The molecule has 1 fully saturated rings. The van der Waals surface area contributed by atoms with Crippen LogP contribution >= 0.6 is 0 Å². The Morgan fingerprint density at radius 1 is 1.16 bits per heavy atom. The first-order chi connectivity index (χ1) is 12.0. The smallest absolute Gasteiger partial charge is 0.249 e. The van der Waals surface area contributed by atoms with Crippen molar-refractivity contribution in [3.63, 3.8) is 0 Å². The minimum Gasteiger partial charge on any atom is -0.491 e. The lowest BCUT2D eigenvalue weighted by molar-refractivity contribution is -0.129. The molecule has 25 heavy (non-hydrogen) atoms. The molecule has 0 atom stereocenters. The van der Waals surface area contributed by atoms with E-state index >= 15 is 0 Å². The van der Waals surface area contributed by atoms with E-state index in [0.29, 0.717) is 0 Å². The predicted octanol–water partition coefficient (Wildman–Crippen LogP) is 2.76. The van der Waals surface area contributed by atoms with Gasteiger partial charge in [-0.25, -0.2) is 5.43 Å². The molecule has 1 aromatic rings. The third kappa shape index (κ3) is 7.37. The Kier molecular flexibility index (Phi) is 7.44. The molecular formula is C19H27N3O3. The van der Waals surface area contributed by atoms with Crippen LogP contribution < -0.4 is 15.5 Å². The normalized spacial score (nSPS) is 15.3. The van der Waals surface area contributed by atoms with Crippen LogP contribution in [0.3, 0.4) is 0 Å². The number of hydrazone groups is 1.